The SMILES string of the molecule is CCOC1CC(NC(=O)c2cc(C)cc(N)c2)C1(C)C. The number of ether oxygens (including phenoxy) is 1. The molecule has 3 N–H and O–H groups in total. The van der Waals surface area contributed by atoms with Crippen molar-refractivity contribution in [3.8, 4) is 0 Å². The van der Waals surface area contributed by atoms with E-state index in [9.17, 15) is 4.79 Å². The minimum atomic E-state index is -0.0616. The van der Waals surface area contributed by atoms with Crippen LogP contribution >= 0.6 is 0 Å². The highest BCUT2D eigenvalue weighted by atomic mass is 16.5. The number of nitrogen functional groups attached to an aromatic ring is 1. The van der Waals surface area contributed by atoms with Crippen molar-refractivity contribution >= 4 is 11.6 Å². The monoisotopic (exact) mass is 276 g/mol. The van der Waals surface area contributed by atoms with Crippen LogP contribution in [0.1, 0.15) is 43.1 Å². The molecule has 0 aliphatic heterocycles. The lowest BCUT2D eigenvalue weighted by atomic mass is 9.64. The van der Waals surface area contributed by atoms with E-state index in [1.54, 1.807) is 6.07 Å². The molecule has 0 saturated heterocycles. The number of hydrogen-bond donors (Lipinski definition) is 2. The molecule has 0 heterocycles. The standard InChI is InChI=1S/C16H24N2O2/c1-5-20-14-9-13(16(14,3)4)18-15(19)11-6-10(2)7-12(17)8-11/h6-8,13-14H,5,9,17H2,1-4H3,(H,18,19). The Kier molecular flexibility index (Phi) is 4.04. The van der Waals surface area contributed by atoms with Crippen molar-refractivity contribution in [2.45, 2.75) is 46.3 Å². The summed E-state index contributed by atoms with van der Waals surface area (Å²) in [5.41, 5.74) is 8.00. The predicted octanol–water partition coefficient (Wildman–Crippen LogP) is 2.51. The second kappa shape index (κ2) is 5.44. The number of aryl methyl sites for hydroxylation is 1. The average Bonchev–Trinajstić information content (AvgIpc) is 2.36. The molecule has 1 amide bonds. The van der Waals surface area contributed by atoms with Crippen molar-refractivity contribution in [2.75, 3.05) is 12.3 Å². The van der Waals surface area contributed by atoms with Crippen LogP contribution in [0.2, 0.25) is 0 Å². The Morgan fingerprint density at radius 1 is 1.45 bits per heavy atom. The number of benzene rings is 1. The molecule has 0 bridgehead atoms. The highest BCUT2D eigenvalue weighted by Crippen LogP contribution is 2.42. The fourth-order valence-corrected chi connectivity index (χ4v) is 2.80. The summed E-state index contributed by atoms with van der Waals surface area (Å²) in [6, 6.07) is 5.58. The molecule has 2 atom stereocenters. The number of rotatable bonds is 4. The largest absolute Gasteiger partial charge is 0.399 e. The first kappa shape index (κ1) is 14.9. The van der Waals surface area contributed by atoms with Gasteiger partial charge in [-0.1, -0.05) is 13.8 Å². The Morgan fingerprint density at radius 3 is 2.70 bits per heavy atom. The van der Waals surface area contributed by atoms with Crippen LogP contribution in [-0.4, -0.2) is 24.7 Å². The predicted molar refractivity (Wildman–Crippen MR) is 80.7 cm³/mol. The number of hydrogen-bond acceptors (Lipinski definition) is 3. The zero-order chi connectivity index (χ0) is 14.9. The first-order valence-electron chi connectivity index (χ1n) is 7.14. The van der Waals surface area contributed by atoms with Crippen molar-refractivity contribution in [2.24, 2.45) is 5.41 Å². The Hall–Kier alpha value is -1.55. The summed E-state index contributed by atoms with van der Waals surface area (Å²) in [5, 5.41) is 3.09. The summed E-state index contributed by atoms with van der Waals surface area (Å²) < 4.78 is 5.68. The highest BCUT2D eigenvalue weighted by molar-refractivity contribution is 5.95. The summed E-state index contributed by atoms with van der Waals surface area (Å²) in [6.07, 6.45) is 1.09. The van der Waals surface area contributed by atoms with Crippen LogP contribution in [-0.2, 0) is 4.74 Å². The van der Waals surface area contributed by atoms with Crippen LogP contribution in [0.4, 0.5) is 5.69 Å². The number of anilines is 1. The zero-order valence-electron chi connectivity index (χ0n) is 12.7. The molecule has 1 aromatic carbocycles. The lowest BCUT2D eigenvalue weighted by Gasteiger charge is -2.51. The average molecular weight is 276 g/mol. The third-order valence-electron chi connectivity index (χ3n) is 4.21. The number of nitrogens with two attached hydrogens (primary N) is 1. The van der Waals surface area contributed by atoms with Gasteiger partial charge in [0, 0.05) is 29.3 Å². The first-order chi connectivity index (χ1) is 9.34. The van der Waals surface area contributed by atoms with Gasteiger partial charge in [-0.05, 0) is 44.0 Å². The van der Waals surface area contributed by atoms with Crippen LogP contribution in [0.25, 0.3) is 0 Å². The van der Waals surface area contributed by atoms with Gasteiger partial charge < -0.3 is 15.8 Å². The lowest BCUT2D eigenvalue weighted by molar-refractivity contribution is -0.111. The molecule has 1 aliphatic rings. The molecule has 0 aromatic heterocycles. The van der Waals surface area contributed by atoms with Gasteiger partial charge >= 0.3 is 0 Å². The maximum atomic E-state index is 12.3. The summed E-state index contributed by atoms with van der Waals surface area (Å²) in [6.45, 7) is 8.91. The summed E-state index contributed by atoms with van der Waals surface area (Å²) in [5.74, 6) is -0.0616. The van der Waals surface area contributed by atoms with Gasteiger partial charge in [-0.15, -0.1) is 0 Å². The number of nitrogens with one attached hydrogen (secondary N) is 1. The molecule has 1 aromatic rings. The van der Waals surface area contributed by atoms with Crippen LogP contribution in [0.5, 0.6) is 0 Å². The maximum Gasteiger partial charge on any atom is 0.251 e. The smallest absolute Gasteiger partial charge is 0.251 e. The molecule has 0 spiro atoms. The lowest BCUT2D eigenvalue weighted by Crippen LogP contribution is -2.62. The Balaban J connectivity index is 2.02. The fourth-order valence-electron chi connectivity index (χ4n) is 2.80. The molecule has 0 radical (unpaired) electrons. The van der Waals surface area contributed by atoms with Crippen molar-refractivity contribution in [1.82, 2.24) is 5.32 Å². The molecule has 4 heteroatoms. The second-order valence-corrected chi connectivity index (χ2v) is 6.16. The van der Waals surface area contributed by atoms with Crippen LogP contribution < -0.4 is 11.1 Å². The third-order valence-corrected chi connectivity index (χ3v) is 4.21. The van der Waals surface area contributed by atoms with E-state index in [2.05, 4.69) is 19.2 Å². The highest BCUT2D eigenvalue weighted by Gasteiger charge is 2.49. The quantitative estimate of drug-likeness (QED) is 0.831. The van der Waals surface area contributed by atoms with Crippen molar-refractivity contribution in [3.05, 3.63) is 29.3 Å². The van der Waals surface area contributed by atoms with Crippen molar-refractivity contribution in [3.63, 3.8) is 0 Å². The van der Waals surface area contributed by atoms with Crippen molar-refractivity contribution in [1.29, 1.82) is 0 Å². The van der Waals surface area contributed by atoms with E-state index in [1.807, 2.05) is 26.0 Å². The number of carbonyl (C=O) groups excluding carboxylic acids is 1. The second-order valence-electron chi connectivity index (χ2n) is 6.16. The molecule has 1 saturated carbocycles. The molecular weight excluding hydrogens is 252 g/mol. The minimum absolute atomic E-state index is 0.0267. The topological polar surface area (TPSA) is 64.3 Å². The van der Waals surface area contributed by atoms with Gasteiger partial charge in [0.2, 0.25) is 0 Å². The maximum absolute atomic E-state index is 12.3. The van der Waals surface area contributed by atoms with Crippen LogP contribution in [0, 0.1) is 12.3 Å². The van der Waals surface area contributed by atoms with Gasteiger partial charge in [0.1, 0.15) is 0 Å². The third kappa shape index (κ3) is 2.80. The molecule has 2 rings (SSSR count). The summed E-state index contributed by atoms with van der Waals surface area (Å²) >= 11 is 0. The first-order valence-corrected chi connectivity index (χ1v) is 7.14. The number of carbonyl (C=O) groups is 1. The van der Waals surface area contributed by atoms with E-state index in [4.69, 9.17) is 10.5 Å². The molecule has 1 aliphatic carbocycles. The van der Waals surface area contributed by atoms with E-state index in [0.717, 1.165) is 12.0 Å². The Labute approximate surface area is 120 Å². The summed E-state index contributed by atoms with van der Waals surface area (Å²) in [4.78, 5) is 12.3. The molecule has 110 valence electrons. The van der Waals surface area contributed by atoms with E-state index in [-0.39, 0.29) is 23.5 Å². The molecule has 2 unspecified atom stereocenters. The molecule has 1 fully saturated rings. The van der Waals surface area contributed by atoms with Gasteiger partial charge in [-0.2, -0.15) is 0 Å². The van der Waals surface area contributed by atoms with Gasteiger partial charge in [-0.25, -0.2) is 0 Å². The van der Waals surface area contributed by atoms with Gasteiger partial charge in [0.25, 0.3) is 5.91 Å². The molecule has 20 heavy (non-hydrogen) atoms. The van der Waals surface area contributed by atoms with Gasteiger partial charge in [0.15, 0.2) is 0 Å². The Morgan fingerprint density at radius 2 is 2.15 bits per heavy atom. The fraction of sp³-hybridized carbons (Fsp3) is 0.562. The van der Waals surface area contributed by atoms with Crippen molar-refractivity contribution < 1.29 is 9.53 Å². The van der Waals surface area contributed by atoms with E-state index >= 15 is 0 Å². The normalized spacial score (nSPS) is 24.0. The van der Waals surface area contributed by atoms with E-state index in [1.165, 1.54) is 0 Å². The Bertz CT molecular complexity index is 491. The minimum Gasteiger partial charge on any atom is -0.399 e. The van der Waals surface area contributed by atoms with Crippen LogP contribution in [0.15, 0.2) is 18.2 Å². The van der Waals surface area contributed by atoms with E-state index in [0.29, 0.717) is 17.9 Å². The summed E-state index contributed by atoms with van der Waals surface area (Å²) in [7, 11) is 0. The van der Waals surface area contributed by atoms with E-state index < -0.39 is 0 Å². The van der Waals surface area contributed by atoms with Gasteiger partial charge in [0.05, 0.1) is 6.10 Å². The molecular formula is C16H24N2O2. The molecule has 4 nitrogen and oxygen atoms in total. The van der Waals surface area contributed by atoms with Gasteiger partial charge in [-0.3, -0.25) is 4.79 Å². The number of amides is 1. The van der Waals surface area contributed by atoms with Crippen LogP contribution in [0.3, 0.4) is 0 Å². The zero-order valence-corrected chi connectivity index (χ0v) is 12.7.